The van der Waals surface area contributed by atoms with Crippen LogP contribution >= 0.6 is 0 Å². The normalized spacial score (nSPS) is 10.6. The molecule has 0 fully saturated rings. The zero-order valence-corrected chi connectivity index (χ0v) is 11.8. The molecule has 2 rings (SSSR count). The fourth-order valence-electron chi connectivity index (χ4n) is 2.08. The summed E-state index contributed by atoms with van der Waals surface area (Å²) in [5.41, 5.74) is 2.52. The van der Waals surface area contributed by atoms with Gasteiger partial charge in [0.15, 0.2) is 0 Å². The average Bonchev–Trinajstić information content (AvgIpc) is 2.41. The zero-order valence-electron chi connectivity index (χ0n) is 11.8. The zero-order chi connectivity index (χ0) is 14.7. The molecule has 0 atom stereocenters. The summed E-state index contributed by atoms with van der Waals surface area (Å²) in [6.07, 6.45) is 0.0117. The smallest absolute Gasteiger partial charge is 0.270 e. The first-order valence-electron chi connectivity index (χ1n) is 6.50. The molecule has 0 N–H and O–H groups in total. The van der Waals surface area contributed by atoms with Crippen LogP contribution in [0.4, 0.5) is 5.69 Å². The van der Waals surface area contributed by atoms with Gasteiger partial charge in [0.25, 0.3) is 5.69 Å². The predicted molar refractivity (Wildman–Crippen MR) is 79.0 cm³/mol. The van der Waals surface area contributed by atoms with Crippen LogP contribution in [0.1, 0.15) is 19.4 Å². The maximum absolute atomic E-state index is 11.0. The van der Waals surface area contributed by atoms with Gasteiger partial charge >= 0.3 is 0 Å². The van der Waals surface area contributed by atoms with E-state index >= 15 is 0 Å². The molecule has 0 aliphatic rings. The highest BCUT2D eigenvalue weighted by molar-refractivity contribution is 5.74. The molecule has 4 heteroatoms. The number of rotatable bonds is 4. The van der Waals surface area contributed by atoms with E-state index in [9.17, 15) is 10.1 Å². The number of hydrogen-bond acceptors (Lipinski definition) is 3. The van der Waals surface area contributed by atoms with Gasteiger partial charge in [-0.2, -0.15) is 0 Å². The molecule has 2 aromatic rings. The summed E-state index contributed by atoms with van der Waals surface area (Å²) in [6, 6.07) is 12.7. The lowest BCUT2D eigenvalue weighted by atomic mass is 10.0. The number of nitro groups is 1. The minimum Gasteiger partial charge on any atom is -0.490 e. The Labute approximate surface area is 118 Å². The Morgan fingerprint density at radius 1 is 1.15 bits per heavy atom. The van der Waals surface area contributed by atoms with Crippen LogP contribution in [-0.4, -0.2) is 11.0 Å². The van der Waals surface area contributed by atoms with Crippen LogP contribution in [0.5, 0.6) is 5.75 Å². The van der Waals surface area contributed by atoms with Crippen molar-refractivity contribution in [2.24, 2.45) is 0 Å². The second kappa shape index (κ2) is 5.74. The first-order valence-corrected chi connectivity index (χ1v) is 6.50. The van der Waals surface area contributed by atoms with E-state index in [2.05, 4.69) is 0 Å². The number of hydrogen-bond donors (Lipinski definition) is 0. The standard InChI is InChI=1S/C16H17NO3/c1-11(2)20-16-12(3)9-14(17(18)19)10-15(16)13-7-5-4-6-8-13/h4-11H,1-3H3. The van der Waals surface area contributed by atoms with Gasteiger partial charge in [-0.25, -0.2) is 0 Å². The molecule has 4 nitrogen and oxygen atoms in total. The lowest BCUT2D eigenvalue weighted by molar-refractivity contribution is -0.384. The molecule has 0 aliphatic carbocycles. The molecule has 0 radical (unpaired) electrons. The molecule has 0 saturated carbocycles. The van der Waals surface area contributed by atoms with Crippen molar-refractivity contribution in [2.45, 2.75) is 26.9 Å². The number of ether oxygens (including phenoxy) is 1. The van der Waals surface area contributed by atoms with Gasteiger partial charge in [0.2, 0.25) is 0 Å². The van der Waals surface area contributed by atoms with Crippen molar-refractivity contribution in [3.05, 3.63) is 58.1 Å². The molecule has 0 spiro atoms. The van der Waals surface area contributed by atoms with Gasteiger partial charge in [0, 0.05) is 17.7 Å². The summed E-state index contributed by atoms with van der Waals surface area (Å²) in [6.45, 7) is 5.71. The topological polar surface area (TPSA) is 52.4 Å². The predicted octanol–water partition coefficient (Wildman–Crippen LogP) is 4.36. The van der Waals surface area contributed by atoms with Crippen molar-refractivity contribution >= 4 is 5.69 Å². The quantitative estimate of drug-likeness (QED) is 0.613. The number of nitrogens with zero attached hydrogens (tertiary/aromatic N) is 1. The lowest BCUT2D eigenvalue weighted by Gasteiger charge is -2.17. The summed E-state index contributed by atoms with van der Waals surface area (Å²) in [5, 5.41) is 11.0. The first-order chi connectivity index (χ1) is 9.49. The van der Waals surface area contributed by atoms with Gasteiger partial charge in [-0.15, -0.1) is 0 Å². The summed E-state index contributed by atoms with van der Waals surface area (Å²) < 4.78 is 5.84. The Bertz CT molecular complexity index is 621. The van der Waals surface area contributed by atoms with Crippen LogP contribution in [0.25, 0.3) is 11.1 Å². The third-order valence-electron chi connectivity index (χ3n) is 2.91. The summed E-state index contributed by atoms with van der Waals surface area (Å²) in [5.74, 6) is 0.705. The Balaban J connectivity index is 2.64. The van der Waals surface area contributed by atoms with E-state index in [4.69, 9.17) is 4.74 Å². The van der Waals surface area contributed by atoms with Gasteiger partial charge in [0.1, 0.15) is 5.75 Å². The van der Waals surface area contributed by atoms with E-state index in [-0.39, 0.29) is 16.7 Å². The SMILES string of the molecule is Cc1cc([N+](=O)[O-])cc(-c2ccccc2)c1OC(C)C. The van der Waals surface area contributed by atoms with Gasteiger partial charge in [0.05, 0.1) is 11.0 Å². The van der Waals surface area contributed by atoms with E-state index in [1.165, 1.54) is 0 Å². The molecule has 0 heterocycles. The monoisotopic (exact) mass is 271 g/mol. The molecule has 0 aliphatic heterocycles. The summed E-state index contributed by atoms with van der Waals surface area (Å²) in [7, 11) is 0. The fourth-order valence-corrected chi connectivity index (χ4v) is 2.08. The molecule has 20 heavy (non-hydrogen) atoms. The highest BCUT2D eigenvalue weighted by atomic mass is 16.6. The molecule has 104 valence electrons. The van der Waals surface area contributed by atoms with Crippen LogP contribution in [0.15, 0.2) is 42.5 Å². The van der Waals surface area contributed by atoms with E-state index in [1.807, 2.05) is 51.1 Å². The van der Waals surface area contributed by atoms with Crippen molar-refractivity contribution in [2.75, 3.05) is 0 Å². The molecular weight excluding hydrogens is 254 g/mol. The minimum atomic E-state index is -0.376. The number of nitro benzene ring substituents is 1. The summed E-state index contributed by atoms with van der Waals surface area (Å²) >= 11 is 0. The van der Waals surface area contributed by atoms with Crippen molar-refractivity contribution in [1.29, 1.82) is 0 Å². The molecule has 0 bridgehead atoms. The maximum atomic E-state index is 11.0. The van der Waals surface area contributed by atoms with Crippen LogP contribution in [-0.2, 0) is 0 Å². The molecular formula is C16H17NO3. The van der Waals surface area contributed by atoms with Crippen molar-refractivity contribution in [1.82, 2.24) is 0 Å². The van der Waals surface area contributed by atoms with Gasteiger partial charge < -0.3 is 4.74 Å². The van der Waals surface area contributed by atoms with E-state index in [0.717, 1.165) is 16.7 Å². The molecule has 2 aromatic carbocycles. The lowest BCUT2D eigenvalue weighted by Crippen LogP contribution is -2.08. The Hall–Kier alpha value is -2.36. The van der Waals surface area contributed by atoms with Crippen molar-refractivity contribution in [3.8, 4) is 16.9 Å². The third-order valence-corrected chi connectivity index (χ3v) is 2.91. The second-order valence-electron chi connectivity index (χ2n) is 4.93. The highest BCUT2D eigenvalue weighted by Gasteiger charge is 2.17. The minimum absolute atomic E-state index is 0.0117. The van der Waals surface area contributed by atoms with Crippen LogP contribution in [0, 0.1) is 17.0 Å². The van der Waals surface area contributed by atoms with Gasteiger partial charge in [-0.3, -0.25) is 10.1 Å². The Morgan fingerprint density at radius 2 is 1.80 bits per heavy atom. The van der Waals surface area contributed by atoms with Crippen LogP contribution in [0.2, 0.25) is 0 Å². The molecule has 0 saturated heterocycles. The second-order valence-corrected chi connectivity index (χ2v) is 4.93. The largest absolute Gasteiger partial charge is 0.490 e. The molecule has 0 amide bonds. The van der Waals surface area contributed by atoms with Gasteiger partial charge in [-0.05, 0) is 31.9 Å². The Morgan fingerprint density at radius 3 is 2.35 bits per heavy atom. The van der Waals surface area contributed by atoms with Crippen LogP contribution < -0.4 is 4.74 Å². The molecule has 0 aromatic heterocycles. The maximum Gasteiger partial charge on any atom is 0.270 e. The van der Waals surface area contributed by atoms with E-state index < -0.39 is 0 Å². The highest BCUT2D eigenvalue weighted by Crippen LogP contribution is 2.37. The van der Waals surface area contributed by atoms with Gasteiger partial charge in [-0.1, -0.05) is 30.3 Å². The molecule has 0 unspecified atom stereocenters. The third kappa shape index (κ3) is 2.96. The number of benzene rings is 2. The van der Waals surface area contributed by atoms with E-state index in [0.29, 0.717) is 5.75 Å². The van der Waals surface area contributed by atoms with Crippen molar-refractivity contribution in [3.63, 3.8) is 0 Å². The fraction of sp³-hybridized carbons (Fsp3) is 0.250. The van der Waals surface area contributed by atoms with E-state index in [1.54, 1.807) is 12.1 Å². The average molecular weight is 271 g/mol. The first kappa shape index (κ1) is 14.1. The van der Waals surface area contributed by atoms with Crippen molar-refractivity contribution < 1.29 is 9.66 Å². The number of non-ortho nitro benzene ring substituents is 1. The number of aryl methyl sites for hydroxylation is 1. The Kier molecular flexibility index (Phi) is 4.03. The summed E-state index contributed by atoms with van der Waals surface area (Å²) in [4.78, 5) is 10.7. The van der Waals surface area contributed by atoms with Crippen LogP contribution in [0.3, 0.4) is 0 Å².